The lowest BCUT2D eigenvalue weighted by atomic mass is 10.0. The molecule has 1 N–H and O–H groups in total. The maximum Gasteiger partial charge on any atom is 0.326 e. The van der Waals surface area contributed by atoms with Crippen molar-refractivity contribution in [3.63, 3.8) is 0 Å². The van der Waals surface area contributed by atoms with Gasteiger partial charge >= 0.3 is 5.97 Å². The van der Waals surface area contributed by atoms with Crippen LogP contribution in [0.4, 0.5) is 0 Å². The molecule has 6 heteroatoms. The van der Waals surface area contributed by atoms with E-state index in [0.717, 1.165) is 5.56 Å². The van der Waals surface area contributed by atoms with Gasteiger partial charge in [0.15, 0.2) is 0 Å². The van der Waals surface area contributed by atoms with E-state index in [1.165, 1.54) is 19.1 Å². The van der Waals surface area contributed by atoms with E-state index < -0.39 is 17.9 Å². The van der Waals surface area contributed by atoms with Crippen LogP contribution in [0.2, 0.25) is 0 Å². The quantitative estimate of drug-likeness (QED) is 0.879. The standard InChI is InChI=1S/C18H20N2O4/c1-12-9-10-14(16(19-12)24-3)17(21)20(2)15(18(22)23)11-13-7-5-4-6-8-13/h4-10,15H,11H2,1-3H3,(H,22,23). The normalized spacial score (nSPS) is 11.6. The molecule has 1 heterocycles. The molecule has 2 aromatic rings. The molecule has 0 aliphatic heterocycles. The van der Waals surface area contributed by atoms with Gasteiger partial charge in [-0.05, 0) is 24.6 Å². The molecule has 6 nitrogen and oxygen atoms in total. The van der Waals surface area contributed by atoms with Gasteiger partial charge in [0.1, 0.15) is 11.6 Å². The third-order valence-electron chi connectivity index (χ3n) is 3.77. The third kappa shape index (κ3) is 3.90. The Bertz CT molecular complexity index is 731. The number of carboxylic acids is 1. The molecular formula is C18H20N2O4. The van der Waals surface area contributed by atoms with Gasteiger partial charge in [-0.25, -0.2) is 9.78 Å². The average Bonchev–Trinajstić information content (AvgIpc) is 2.59. The largest absolute Gasteiger partial charge is 0.480 e. The fourth-order valence-corrected chi connectivity index (χ4v) is 2.41. The molecule has 1 aromatic heterocycles. The molecule has 1 amide bonds. The zero-order valence-corrected chi connectivity index (χ0v) is 13.9. The lowest BCUT2D eigenvalue weighted by Crippen LogP contribution is -2.44. The third-order valence-corrected chi connectivity index (χ3v) is 3.77. The van der Waals surface area contributed by atoms with Crippen molar-refractivity contribution in [1.29, 1.82) is 0 Å². The van der Waals surface area contributed by atoms with E-state index in [-0.39, 0.29) is 17.9 Å². The summed E-state index contributed by atoms with van der Waals surface area (Å²) in [5, 5.41) is 9.53. The molecule has 0 saturated carbocycles. The van der Waals surface area contributed by atoms with Crippen LogP contribution in [0.1, 0.15) is 21.6 Å². The Morgan fingerprint density at radius 1 is 1.21 bits per heavy atom. The number of aliphatic carboxylic acids is 1. The molecule has 0 aliphatic rings. The summed E-state index contributed by atoms with van der Waals surface area (Å²) in [5.74, 6) is -1.31. The van der Waals surface area contributed by atoms with Crippen molar-refractivity contribution < 1.29 is 19.4 Å². The molecule has 0 aliphatic carbocycles. The first-order chi connectivity index (χ1) is 11.4. The minimum atomic E-state index is -1.06. The fourth-order valence-electron chi connectivity index (χ4n) is 2.41. The summed E-state index contributed by atoms with van der Waals surface area (Å²) in [6, 6.07) is 11.5. The van der Waals surface area contributed by atoms with E-state index in [1.54, 1.807) is 19.1 Å². The predicted octanol–water partition coefficient (Wildman–Crippen LogP) is 2.17. The molecule has 0 saturated heterocycles. The molecule has 0 bridgehead atoms. The highest BCUT2D eigenvalue weighted by atomic mass is 16.5. The minimum absolute atomic E-state index is 0.190. The van der Waals surface area contributed by atoms with Crippen molar-refractivity contribution in [2.75, 3.05) is 14.2 Å². The number of likely N-dealkylation sites (N-methyl/N-ethyl adjacent to an activating group) is 1. The highest BCUT2D eigenvalue weighted by Gasteiger charge is 2.29. The van der Waals surface area contributed by atoms with E-state index >= 15 is 0 Å². The number of nitrogens with zero attached hydrogens (tertiary/aromatic N) is 2. The Kier molecular flexibility index (Phi) is 5.52. The van der Waals surface area contributed by atoms with Crippen LogP contribution in [0.15, 0.2) is 42.5 Å². The smallest absolute Gasteiger partial charge is 0.326 e. The number of hydrogen-bond donors (Lipinski definition) is 1. The first-order valence-electron chi connectivity index (χ1n) is 7.49. The van der Waals surface area contributed by atoms with Gasteiger partial charge in [-0.1, -0.05) is 30.3 Å². The maximum absolute atomic E-state index is 12.7. The van der Waals surface area contributed by atoms with E-state index in [9.17, 15) is 14.7 Å². The molecule has 126 valence electrons. The Morgan fingerprint density at radius 3 is 2.46 bits per heavy atom. The summed E-state index contributed by atoms with van der Waals surface area (Å²) in [4.78, 5) is 29.7. The molecular weight excluding hydrogens is 308 g/mol. The molecule has 0 fully saturated rings. The molecule has 1 aromatic carbocycles. The van der Waals surface area contributed by atoms with E-state index in [4.69, 9.17) is 4.74 Å². The lowest BCUT2D eigenvalue weighted by Gasteiger charge is -2.25. The number of carbonyl (C=O) groups excluding carboxylic acids is 1. The molecule has 24 heavy (non-hydrogen) atoms. The van der Waals surface area contributed by atoms with Crippen LogP contribution in [0.3, 0.4) is 0 Å². The van der Waals surface area contributed by atoms with Crippen LogP contribution in [0, 0.1) is 6.92 Å². The first kappa shape index (κ1) is 17.5. The monoisotopic (exact) mass is 328 g/mol. The van der Waals surface area contributed by atoms with Crippen LogP contribution >= 0.6 is 0 Å². The van der Waals surface area contributed by atoms with Gasteiger partial charge in [0.2, 0.25) is 5.88 Å². The second kappa shape index (κ2) is 7.59. The fraction of sp³-hybridized carbons (Fsp3) is 0.278. The molecule has 0 spiro atoms. The number of aryl methyl sites for hydroxylation is 1. The Labute approximate surface area is 140 Å². The number of ether oxygens (including phenoxy) is 1. The number of pyridine rings is 1. The number of carboxylic acid groups (broad SMARTS) is 1. The predicted molar refractivity (Wildman–Crippen MR) is 89.2 cm³/mol. The maximum atomic E-state index is 12.7. The second-order valence-corrected chi connectivity index (χ2v) is 5.47. The number of methoxy groups -OCH3 is 1. The SMILES string of the molecule is COc1nc(C)ccc1C(=O)N(C)C(Cc1ccccc1)C(=O)O. The Hall–Kier alpha value is -2.89. The van der Waals surface area contributed by atoms with Gasteiger partial charge in [0.25, 0.3) is 5.91 Å². The van der Waals surface area contributed by atoms with Gasteiger partial charge in [0.05, 0.1) is 7.11 Å². The van der Waals surface area contributed by atoms with Crippen molar-refractivity contribution in [2.45, 2.75) is 19.4 Å². The summed E-state index contributed by atoms with van der Waals surface area (Å²) in [5.41, 5.74) is 1.80. The lowest BCUT2D eigenvalue weighted by molar-refractivity contribution is -0.141. The summed E-state index contributed by atoms with van der Waals surface area (Å²) in [6.45, 7) is 1.79. The van der Waals surface area contributed by atoms with Crippen LogP contribution < -0.4 is 4.74 Å². The van der Waals surface area contributed by atoms with Gasteiger partial charge < -0.3 is 14.7 Å². The van der Waals surface area contributed by atoms with Crippen molar-refractivity contribution >= 4 is 11.9 Å². The number of benzene rings is 1. The van der Waals surface area contributed by atoms with Crippen LogP contribution in [-0.2, 0) is 11.2 Å². The number of carbonyl (C=O) groups is 2. The number of hydrogen-bond acceptors (Lipinski definition) is 4. The summed E-state index contributed by atoms with van der Waals surface area (Å²) in [6.07, 6.45) is 0.222. The van der Waals surface area contributed by atoms with Crippen molar-refractivity contribution in [2.24, 2.45) is 0 Å². The summed E-state index contributed by atoms with van der Waals surface area (Å²) >= 11 is 0. The van der Waals surface area contributed by atoms with E-state index in [2.05, 4.69) is 4.98 Å². The topological polar surface area (TPSA) is 79.7 Å². The van der Waals surface area contributed by atoms with E-state index in [0.29, 0.717) is 5.69 Å². The van der Waals surface area contributed by atoms with Crippen molar-refractivity contribution in [1.82, 2.24) is 9.88 Å². The zero-order chi connectivity index (χ0) is 17.7. The highest BCUT2D eigenvalue weighted by Crippen LogP contribution is 2.19. The van der Waals surface area contributed by atoms with Crippen LogP contribution in [0.25, 0.3) is 0 Å². The molecule has 2 rings (SSSR count). The van der Waals surface area contributed by atoms with Gasteiger partial charge in [-0.2, -0.15) is 0 Å². The highest BCUT2D eigenvalue weighted by molar-refractivity contribution is 5.98. The number of rotatable bonds is 6. The van der Waals surface area contributed by atoms with Crippen molar-refractivity contribution in [3.05, 3.63) is 59.3 Å². The molecule has 1 atom stereocenters. The van der Waals surface area contributed by atoms with Gasteiger partial charge in [-0.15, -0.1) is 0 Å². The molecule has 1 unspecified atom stereocenters. The Balaban J connectivity index is 2.28. The number of aromatic nitrogens is 1. The molecule has 0 radical (unpaired) electrons. The minimum Gasteiger partial charge on any atom is -0.480 e. The summed E-state index contributed by atoms with van der Waals surface area (Å²) in [7, 11) is 2.90. The first-order valence-corrected chi connectivity index (χ1v) is 7.49. The van der Waals surface area contributed by atoms with Crippen LogP contribution in [-0.4, -0.2) is 47.1 Å². The number of amides is 1. The van der Waals surface area contributed by atoms with Gasteiger partial charge in [-0.3, -0.25) is 4.79 Å². The van der Waals surface area contributed by atoms with Crippen molar-refractivity contribution in [3.8, 4) is 5.88 Å². The van der Waals surface area contributed by atoms with Gasteiger partial charge in [0, 0.05) is 19.2 Å². The van der Waals surface area contributed by atoms with Crippen LogP contribution in [0.5, 0.6) is 5.88 Å². The van der Waals surface area contributed by atoms with E-state index in [1.807, 2.05) is 30.3 Å². The zero-order valence-electron chi connectivity index (χ0n) is 13.9. The Morgan fingerprint density at radius 2 is 1.88 bits per heavy atom. The average molecular weight is 328 g/mol. The summed E-state index contributed by atoms with van der Waals surface area (Å²) < 4.78 is 5.15. The second-order valence-electron chi connectivity index (χ2n) is 5.47.